The highest BCUT2D eigenvalue weighted by molar-refractivity contribution is 7.80. The lowest BCUT2D eigenvalue weighted by Gasteiger charge is -2.17. The molecule has 2 aromatic carbocycles. The molecule has 0 saturated carbocycles. The SMILES string of the molecule is CC(C)CCOc1ccccc1C(=O)NC(=S)N[C@@H](C)c1ccccc1. The van der Waals surface area contributed by atoms with Crippen molar-refractivity contribution in [3.8, 4) is 5.75 Å². The average Bonchev–Trinajstić information content (AvgIpc) is 2.62. The van der Waals surface area contributed by atoms with Gasteiger partial charge in [-0.15, -0.1) is 0 Å². The van der Waals surface area contributed by atoms with Crippen molar-refractivity contribution in [1.82, 2.24) is 10.6 Å². The summed E-state index contributed by atoms with van der Waals surface area (Å²) in [5, 5.41) is 6.17. The van der Waals surface area contributed by atoms with Gasteiger partial charge in [0.25, 0.3) is 5.91 Å². The molecule has 0 heterocycles. The quantitative estimate of drug-likeness (QED) is 0.706. The molecular weight excluding hydrogens is 344 g/mol. The minimum absolute atomic E-state index is 0.00142. The van der Waals surface area contributed by atoms with Crippen molar-refractivity contribution in [3.63, 3.8) is 0 Å². The van der Waals surface area contributed by atoms with E-state index in [0.29, 0.717) is 29.0 Å². The van der Waals surface area contributed by atoms with Crippen LogP contribution in [0.1, 0.15) is 49.2 Å². The van der Waals surface area contributed by atoms with Crippen LogP contribution in [-0.4, -0.2) is 17.6 Å². The second kappa shape index (κ2) is 9.92. The zero-order chi connectivity index (χ0) is 18.9. The second-order valence-corrected chi connectivity index (χ2v) is 7.00. The van der Waals surface area contributed by atoms with Gasteiger partial charge in [-0.2, -0.15) is 0 Å². The molecule has 0 aliphatic carbocycles. The Morgan fingerprint density at radius 3 is 2.38 bits per heavy atom. The van der Waals surface area contributed by atoms with Crippen LogP contribution in [0.3, 0.4) is 0 Å². The van der Waals surface area contributed by atoms with Crippen molar-refractivity contribution >= 4 is 23.2 Å². The highest BCUT2D eigenvalue weighted by Gasteiger charge is 2.15. The van der Waals surface area contributed by atoms with Crippen molar-refractivity contribution in [2.75, 3.05) is 6.61 Å². The number of amides is 1. The van der Waals surface area contributed by atoms with E-state index in [1.807, 2.05) is 49.4 Å². The van der Waals surface area contributed by atoms with Crippen LogP contribution in [0, 0.1) is 5.92 Å². The van der Waals surface area contributed by atoms with Crippen LogP contribution in [0.4, 0.5) is 0 Å². The number of carbonyl (C=O) groups excluding carboxylic acids is 1. The van der Waals surface area contributed by atoms with E-state index in [1.54, 1.807) is 12.1 Å². The largest absolute Gasteiger partial charge is 0.493 e. The van der Waals surface area contributed by atoms with Crippen LogP contribution >= 0.6 is 12.2 Å². The number of hydrogen-bond acceptors (Lipinski definition) is 3. The minimum atomic E-state index is -0.275. The smallest absolute Gasteiger partial charge is 0.261 e. The van der Waals surface area contributed by atoms with Gasteiger partial charge in [-0.25, -0.2) is 0 Å². The Kier molecular flexibility index (Phi) is 7.60. The van der Waals surface area contributed by atoms with Crippen LogP contribution in [0.15, 0.2) is 54.6 Å². The number of ether oxygens (including phenoxy) is 1. The van der Waals surface area contributed by atoms with Crippen LogP contribution in [-0.2, 0) is 0 Å². The van der Waals surface area contributed by atoms with E-state index in [2.05, 4.69) is 24.5 Å². The molecule has 2 N–H and O–H groups in total. The van der Waals surface area contributed by atoms with E-state index in [1.165, 1.54) is 0 Å². The third kappa shape index (κ3) is 6.15. The Hall–Kier alpha value is -2.40. The summed E-state index contributed by atoms with van der Waals surface area (Å²) >= 11 is 5.29. The first-order valence-corrected chi connectivity index (χ1v) is 9.26. The summed E-state index contributed by atoms with van der Waals surface area (Å²) in [6.07, 6.45) is 0.935. The summed E-state index contributed by atoms with van der Waals surface area (Å²) in [5.41, 5.74) is 1.58. The van der Waals surface area contributed by atoms with Gasteiger partial charge in [-0.3, -0.25) is 10.1 Å². The van der Waals surface area contributed by atoms with Gasteiger partial charge in [0.05, 0.1) is 18.2 Å². The van der Waals surface area contributed by atoms with Crippen molar-refractivity contribution in [2.45, 2.75) is 33.2 Å². The molecule has 1 amide bonds. The zero-order valence-electron chi connectivity index (χ0n) is 15.5. The summed E-state index contributed by atoms with van der Waals surface area (Å²) in [6, 6.07) is 17.2. The molecule has 0 aliphatic heterocycles. The van der Waals surface area contributed by atoms with Gasteiger partial charge in [0, 0.05) is 0 Å². The molecule has 4 nitrogen and oxygen atoms in total. The monoisotopic (exact) mass is 370 g/mol. The standard InChI is InChI=1S/C21H26N2O2S/c1-15(2)13-14-25-19-12-8-7-11-18(19)20(24)23-21(26)22-16(3)17-9-5-4-6-10-17/h4-12,15-16H,13-14H2,1-3H3,(H2,22,23,24,26)/t16-/m0/s1. The maximum atomic E-state index is 12.6. The maximum Gasteiger partial charge on any atom is 0.261 e. The number of nitrogens with one attached hydrogen (secondary N) is 2. The van der Waals surface area contributed by atoms with Crippen LogP contribution in [0.2, 0.25) is 0 Å². The predicted octanol–water partition coefficient (Wildman–Crippen LogP) is 4.48. The predicted molar refractivity (Wildman–Crippen MR) is 109 cm³/mol. The molecule has 0 spiro atoms. The summed E-state index contributed by atoms with van der Waals surface area (Å²) in [7, 11) is 0. The summed E-state index contributed by atoms with van der Waals surface area (Å²) < 4.78 is 5.78. The van der Waals surface area contributed by atoms with Crippen LogP contribution in [0.25, 0.3) is 0 Å². The molecule has 26 heavy (non-hydrogen) atoms. The fraction of sp³-hybridized carbons (Fsp3) is 0.333. The molecule has 0 radical (unpaired) electrons. The van der Waals surface area contributed by atoms with Crippen molar-refractivity contribution in [1.29, 1.82) is 0 Å². The molecule has 0 aromatic heterocycles. The van der Waals surface area contributed by atoms with Crippen molar-refractivity contribution < 1.29 is 9.53 Å². The first kappa shape index (κ1) is 19.9. The Labute approximate surface area is 161 Å². The van der Waals surface area contributed by atoms with Gasteiger partial charge in [0.1, 0.15) is 5.75 Å². The van der Waals surface area contributed by atoms with Crippen LogP contribution in [0.5, 0.6) is 5.75 Å². The average molecular weight is 371 g/mol. The lowest BCUT2D eigenvalue weighted by Crippen LogP contribution is -2.40. The molecule has 0 aliphatic rings. The number of rotatable bonds is 7. The Morgan fingerprint density at radius 2 is 1.69 bits per heavy atom. The summed E-state index contributed by atoms with van der Waals surface area (Å²) in [6.45, 7) is 6.85. The van der Waals surface area contributed by atoms with Gasteiger partial charge >= 0.3 is 0 Å². The van der Waals surface area contributed by atoms with Crippen LogP contribution < -0.4 is 15.4 Å². The lowest BCUT2D eigenvalue weighted by molar-refractivity contribution is 0.0972. The van der Waals surface area contributed by atoms with Gasteiger partial charge in [-0.1, -0.05) is 56.3 Å². The number of carbonyl (C=O) groups is 1. The van der Waals surface area contributed by atoms with E-state index in [9.17, 15) is 4.79 Å². The van der Waals surface area contributed by atoms with E-state index in [0.717, 1.165) is 12.0 Å². The highest BCUT2D eigenvalue weighted by Crippen LogP contribution is 2.19. The maximum absolute atomic E-state index is 12.6. The van der Waals surface area contributed by atoms with E-state index >= 15 is 0 Å². The van der Waals surface area contributed by atoms with Crippen molar-refractivity contribution in [2.24, 2.45) is 5.92 Å². The third-order valence-corrected chi connectivity index (χ3v) is 4.18. The Morgan fingerprint density at radius 1 is 1.04 bits per heavy atom. The molecule has 5 heteroatoms. The first-order chi connectivity index (χ1) is 12.5. The third-order valence-electron chi connectivity index (χ3n) is 3.96. The molecule has 0 saturated heterocycles. The van der Waals surface area contributed by atoms with E-state index in [4.69, 9.17) is 17.0 Å². The Balaban J connectivity index is 1.95. The molecule has 2 rings (SSSR count). The number of hydrogen-bond donors (Lipinski definition) is 2. The number of para-hydroxylation sites is 1. The zero-order valence-corrected chi connectivity index (χ0v) is 16.3. The molecule has 138 valence electrons. The molecule has 0 bridgehead atoms. The van der Waals surface area contributed by atoms with E-state index < -0.39 is 0 Å². The molecule has 1 atom stereocenters. The number of thiocarbonyl (C=S) groups is 1. The minimum Gasteiger partial charge on any atom is -0.493 e. The number of benzene rings is 2. The highest BCUT2D eigenvalue weighted by atomic mass is 32.1. The van der Waals surface area contributed by atoms with E-state index in [-0.39, 0.29) is 11.9 Å². The summed E-state index contributed by atoms with van der Waals surface area (Å²) in [5.74, 6) is 0.847. The molecule has 0 unspecified atom stereocenters. The fourth-order valence-corrected chi connectivity index (χ4v) is 2.68. The molecule has 2 aromatic rings. The first-order valence-electron chi connectivity index (χ1n) is 8.86. The molecular formula is C21H26N2O2S. The van der Waals surface area contributed by atoms with Gasteiger partial charge in [0.2, 0.25) is 0 Å². The normalized spacial score (nSPS) is 11.7. The van der Waals surface area contributed by atoms with Gasteiger partial charge in [0.15, 0.2) is 5.11 Å². The molecule has 0 fully saturated rings. The van der Waals surface area contributed by atoms with Gasteiger partial charge < -0.3 is 10.1 Å². The fourth-order valence-electron chi connectivity index (χ4n) is 2.41. The van der Waals surface area contributed by atoms with Crippen molar-refractivity contribution in [3.05, 3.63) is 65.7 Å². The topological polar surface area (TPSA) is 50.4 Å². The lowest BCUT2D eigenvalue weighted by atomic mass is 10.1. The summed E-state index contributed by atoms with van der Waals surface area (Å²) in [4.78, 5) is 12.6. The Bertz CT molecular complexity index is 732. The van der Waals surface area contributed by atoms with Gasteiger partial charge in [-0.05, 0) is 49.2 Å². The second-order valence-electron chi connectivity index (χ2n) is 6.59.